The van der Waals surface area contributed by atoms with Crippen LogP contribution in [0.1, 0.15) is 85.0 Å². The van der Waals surface area contributed by atoms with E-state index in [1.165, 1.54) is 13.8 Å². The Bertz CT molecular complexity index is 1920. The minimum Gasteiger partial charge on any atom is -0.480 e. The zero-order valence-corrected chi connectivity index (χ0v) is 44.3. The molecule has 10 atom stereocenters. The van der Waals surface area contributed by atoms with Crippen molar-refractivity contribution < 1.29 is 67.7 Å². The number of thiol groups is 1. The second-order valence-electron chi connectivity index (χ2n) is 17.6. The van der Waals surface area contributed by atoms with Crippen molar-refractivity contribution in [1.29, 1.82) is 0 Å². The van der Waals surface area contributed by atoms with Crippen molar-refractivity contribution in [2.45, 2.75) is 145 Å². The Hall–Kier alpha value is -6.29. The SMILES string of the molecule is C[C@H](N)C(=O)N[C@@H](CCCN)C(=O)N[C@@H](CCCN)C(=O)N[C@@H](CCCN)C(=O)N[C@@H](CCCN)C(=O)N[C@@H](CCCN)C(=O)N[C@@H](CS)C(=O)N[C@H](C(=O)N[C@@H](C)C(=O)NCC(=O)NCC(=O)NCC(=O)O)[C@@H](C)O. The maximum atomic E-state index is 14.0. The number of carboxylic acids is 1. The molecule has 0 bridgehead atoms. The van der Waals surface area contributed by atoms with Crippen LogP contribution >= 0.6 is 12.6 Å². The number of carboxylic acid groups (broad SMARTS) is 1. The van der Waals surface area contributed by atoms with Crippen LogP contribution in [0.2, 0.25) is 0 Å². The number of carbonyl (C=O) groups excluding carboxylic acids is 11. The van der Waals surface area contributed by atoms with Crippen molar-refractivity contribution in [3.8, 4) is 0 Å². The number of carbonyl (C=O) groups is 12. The second-order valence-corrected chi connectivity index (χ2v) is 18.0. The largest absolute Gasteiger partial charge is 0.480 e. The Labute approximate surface area is 446 Å². The van der Waals surface area contributed by atoms with E-state index in [1.54, 1.807) is 0 Å². The van der Waals surface area contributed by atoms with E-state index in [2.05, 4.69) is 65.8 Å². The Balaban J connectivity index is 6.17. The number of amides is 11. The molecule has 32 heteroatoms. The predicted octanol–water partition coefficient (Wildman–Crippen LogP) is -9.33. The van der Waals surface area contributed by atoms with Gasteiger partial charge in [-0.05, 0) is 118 Å². The molecule has 0 saturated carbocycles. The molecule has 11 amide bonds. The number of rotatable bonds is 40. The first-order valence-corrected chi connectivity index (χ1v) is 25.5. The standard InChI is InChI=1S/C44H83N17O14S/c1-23(50)36(67)55-26(9-4-14-45)38(69)56-27(10-5-15-46)39(70)57-28(11-6-16-47)40(71)58-29(12-7-17-48)41(72)59-30(13-8-18-49)42(73)60-31(22-76)43(74)61-35(25(3)62)44(75)54-24(2)37(68)53-20-33(64)51-19-32(63)52-21-34(65)66/h23-31,35,62,76H,4-22,45-50H2,1-3H3,(H,51,64)(H,52,63)(H,53,68)(H,54,75)(H,55,67)(H,56,69)(H,57,70)(H,58,71)(H,59,72)(H,60,73)(H,61,74)(H,65,66)/t23-,24-,25+,26-,27-,28-,29-,30-,31-,35-/m0/s1. The van der Waals surface area contributed by atoms with Crippen LogP contribution in [0.3, 0.4) is 0 Å². The topological polar surface area (TPSA) is 534 Å². The van der Waals surface area contributed by atoms with Crippen LogP contribution in [0, 0.1) is 0 Å². The molecule has 0 unspecified atom stereocenters. The van der Waals surface area contributed by atoms with Gasteiger partial charge in [-0.1, -0.05) is 0 Å². The van der Waals surface area contributed by atoms with E-state index in [9.17, 15) is 62.6 Å². The van der Waals surface area contributed by atoms with Gasteiger partial charge in [-0.2, -0.15) is 12.6 Å². The zero-order valence-electron chi connectivity index (χ0n) is 43.4. The highest BCUT2D eigenvalue weighted by molar-refractivity contribution is 7.80. The third-order valence-corrected chi connectivity index (χ3v) is 11.4. The summed E-state index contributed by atoms with van der Waals surface area (Å²) in [5, 5.41) is 45.5. The number of aliphatic hydroxyl groups excluding tert-OH is 1. The smallest absolute Gasteiger partial charge is 0.322 e. The summed E-state index contributed by atoms with van der Waals surface area (Å²) in [6.07, 6.45) is -0.262. The molecular weight excluding hydrogens is 1020 g/mol. The van der Waals surface area contributed by atoms with Gasteiger partial charge >= 0.3 is 5.97 Å². The van der Waals surface area contributed by atoms with Gasteiger partial charge in [0.1, 0.15) is 54.9 Å². The Kier molecular flexibility index (Phi) is 35.9. The summed E-state index contributed by atoms with van der Waals surface area (Å²) in [5.74, 6) is -10.9. The number of hydrogen-bond donors (Lipinski definition) is 20. The second kappa shape index (κ2) is 39.1. The van der Waals surface area contributed by atoms with Crippen molar-refractivity contribution in [3.05, 3.63) is 0 Å². The van der Waals surface area contributed by atoms with Crippen molar-refractivity contribution in [2.75, 3.05) is 58.1 Å². The Morgan fingerprint density at radius 2 is 0.711 bits per heavy atom. The number of nitrogens with one attached hydrogen (secondary N) is 11. The molecule has 0 aliphatic carbocycles. The van der Waals surface area contributed by atoms with Crippen LogP contribution in [0.4, 0.5) is 0 Å². The predicted molar refractivity (Wildman–Crippen MR) is 278 cm³/mol. The maximum absolute atomic E-state index is 14.0. The van der Waals surface area contributed by atoms with Crippen LogP contribution in [0.15, 0.2) is 0 Å². The first-order chi connectivity index (χ1) is 35.9. The lowest BCUT2D eigenvalue weighted by atomic mass is 10.0. The van der Waals surface area contributed by atoms with E-state index < -0.39 is 151 Å². The molecular formula is C44H83N17O14S. The average molecular weight is 1110 g/mol. The van der Waals surface area contributed by atoms with Crippen molar-refractivity contribution >= 4 is 83.6 Å². The van der Waals surface area contributed by atoms with Gasteiger partial charge in [0, 0.05) is 5.75 Å². The van der Waals surface area contributed by atoms with E-state index in [1.807, 2.05) is 5.32 Å². The summed E-state index contributed by atoms with van der Waals surface area (Å²) in [6.45, 7) is 2.52. The first-order valence-electron chi connectivity index (χ1n) is 24.9. The van der Waals surface area contributed by atoms with Crippen molar-refractivity contribution in [3.63, 3.8) is 0 Å². The molecule has 0 saturated heterocycles. The third kappa shape index (κ3) is 28.6. The maximum Gasteiger partial charge on any atom is 0.322 e. The number of hydrogen-bond acceptors (Lipinski definition) is 20. The molecule has 0 radical (unpaired) electrons. The summed E-state index contributed by atoms with van der Waals surface area (Å²) in [5.41, 5.74) is 34.3. The van der Waals surface area contributed by atoms with E-state index in [4.69, 9.17) is 39.5 Å². The Morgan fingerprint density at radius 1 is 0.408 bits per heavy atom. The molecule has 0 rings (SSSR count). The summed E-state index contributed by atoms with van der Waals surface area (Å²) < 4.78 is 0. The normalized spacial score (nSPS) is 14.9. The molecule has 0 aromatic rings. The highest BCUT2D eigenvalue weighted by Gasteiger charge is 2.35. The average Bonchev–Trinajstić information content (AvgIpc) is 3.37. The molecule has 0 spiro atoms. The van der Waals surface area contributed by atoms with Gasteiger partial charge in [-0.25, -0.2) is 0 Å². The van der Waals surface area contributed by atoms with Crippen LogP contribution in [-0.2, 0) is 57.5 Å². The quantitative estimate of drug-likeness (QED) is 0.0253. The van der Waals surface area contributed by atoms with E-state index in [0.717, 1.165) is 6.92 Å². The Morgan fingerprint density at radius 3 is 1.01 bits per heavy atom. The monoisotopic (exact) mass is 1110 g/mol. The van der Waals surface area contributed by atoms with Crippen molar-refractivity contribution in [2.24, 2.45) is 34.4 Å². The fourth-order valence-electron chi connectivity index (χ4n) is 6.64. The summed E-state index contributed by atoms with van der Waals surface area (Å²) in [4.78, 5) is 155. The minimum atomic E-state index is -1.71. The third-order valence-electron chi connectivity index (χ3n) is 11.0. The molecule has 31 nitrogen and oxygen atoms in total. The van der Waals surface area contributed by atoms with Crippen LogP contribution in [0.25, 0.3) is 0 Å². The number of aliphatic carboxylic acids is 1. The minimum absolute atomic E-state index is 0.00864. The summed E-state index contributed by atoms with van der Waals surface area (Å²) in [6, 6.07) is -11.8. The first kappa shape index (κ1) is 69.7. The molecule has 25 N–H and O–H groups in total. The van der Waals surface area contributed by atoms with Crippen LogP contribution in [0.5, 0.6) is 0 Å². The molecule has 0 aliphatic heterocycles. The van der Waals surface area contributed by atoms with Gasteiger partial charge in [0.05, 0.1) is 25.2 Å². The van der Waals surface area contributed by atoms with Gasteiger partial charge in [0.25, 0.3) is 0 Å². The molecule has 0 heterocycles. The number of aliphatic hydroxyl groups is 1. The van der Waals surface area contributed by atoms with Crippen LogP contribution < -0.4 is 92.9 Å². The summed E-state index contributed by atoms with van der Waals surface area (Å²) in [7, 11) is 0. The fraction of sp³-hybridized carbons (Fsp3) is 0.727. The van der Waals surface area contributed by atoms with Gasteiger partial charge in [0.2, 0.25) is 65.0 Å². The molecule has 0 aromatic carbocycles. The van der Waals surface area contributed by atoms with Gasteiger partial charge < -0.3 is 103 Å². The van der Waals surface area contributed by atoms with Gasteiger partial charge in [0.15, 0.2) is 0 Å². The van der Waals surface area contributed by atoms with E-state index in [-0.39, 0.29) is 96.3 Å². The lowest BCUT2D eigenvalue weighted by Gasteiger charge is -2.28. The zero-order chi connectivity index (χ0) is 57.9. The van der Waals surface area contributed by atoms with Crippen LogP contribution in [-0.4, -0.2) is 200 Å². The molecule has 0 aromatic heterocycles. The molecule has 76 heavy (non-hydrogen) atoms. The molecule has 0 aliphatic rings. The summed E-state index contributed by atoms with van der Waals surface area (Å²) >= 11 is 4.17. The van der Waals surface area contributed by atoms with Crippen molar-refractivity contribution in [1.82, 2.24) is 58.5 Å². The van der Waals surface area contributed by atoms with Gasteiger partial charge in [-0.15, -0.1) is 0 Å². The van der Waals surface area contributed by atoms with E-state index >= 15 is 0 Å². The molecule has 434 valence electrons. The lowest BCUT2D eigenvalue weighted by molar-refractivity contribution is -0.138. The van der Waals surface area contributed by atoms with E-state index in [0.29, 0.717) is 6.42 Å². The highest BCUT2D eigenvalue weighted by atomic mass is 32.1. The fourth-order valence-corrected chi connectivity index (χ4v) is 6.90. The van der Waals surface area contributed by atoms with Gasteiger partial charge in [-0.3, -0.25) is 57.5 Å². The highest BCUT2D eigenvalue weighted by Crippen LogP contribution is 2.08. The number of nitrogens with two attached hydrogens (primary N) is 6. The molecule has 0 fully saturated rings. The lowest BCUT2D eigenvalue weighted by Crippen LogP contribution is -2.61.